The van der Waals surface area contributed by atoms with Crippen molar-refractivity contribution in [3.63, 3.8) is 0 Å². The number of rotatable bonds is 8. The van der Waals surface area contributed by atoms with E-state index < -0.39 is 30.9 Å². The van der Waals surface area contributed by atoms with Gasteiger partial charge in [-0.25, -0.2) is 31.8 Å². The molecule has 1 fully saturated rings. The summed E-state index contributed by atoms with van der Waals surface area (Å²) < 4.78 is 56.7. The third-order valence-corrected chi connectivity index (χ3v) is 9.82. The molecule has 1 aliphatic rings. The Bertz CT molecular complexity index is 1470. The maximum absolute atomic E-state index is 12.8. The zero-order valence-corrected chi connectivity index (χ0v) is 22.3. The molecule has 0 atom stereocenters. The number of hydrogen-bond acceptors (Lipinski definition) is 10. The van der Waals surface area contributed by atoms with Gasteiger partial charge in [0.05, 0.1) is 40.8 Å². The molecule has 15 heteroatoms. The Labute approximate surface area is 217 Å². The van der Waals surface area contributed by atoms with E-state index in [-0.39, 0.29) is 26.5 Å². The van der Waals surface area contributed by atoms with Gasteiger partial charge in [-0.3, -0.25) is 10.1 Å². The number of amides is 1. The van der Waals surface area contributed by atoms with Crippen LogP contribution in [0.15, 0.2) is 45.9 Å². The first-order chi connectivity index (χ1) is 17.1. The molecule has 1 amide bonds. The number of aromatic nitrogens is 3. The second-order valence-electron chi connectivity index (χ2n) is 7.70. The van der Waals surface area contributed by atoms with Crippen LogP contribution in [0.1, 0.15) is 23.8 Å². The molecular weight excluding hydrogens is 550 g/mol. The molecule has 1 N–H and O–H groups in total. The van der Waals surface area contributed by atoms with E-state index >= 15 is 0 Å². The van der Waals surface area contributed by atoms with Gasteiger partial charge in [-0.1, -0.05) is 30.7 Å². The summed E-state index contributed by atoms with van der Waals surface area (Å²) in [6.45, 7) is 3.04. The molecule has 11 nitrogen and oxygen atoms in total. The quantitative estimate of drug-likeness (QED) is 0.403. The molecule has 0 spiro atoms. The van der Waals surface area contributed by atoms with Gasteiger partial charge >= 0.3 is 0 Å². The van der Waals surface area contributed by atoms with Crippen LogP contribution in [0.2, 0.25) is 5.02 Å². The maximum atomic E-state index is 12.8. The highest BCUT2D eigenvalue weighted by atomic mass is 35.5. The van der Waals surface area contributed by atoms with Gasteiger partial charge in [0.25, 0.3) is 5.91 Å². The van der Waals surface area contributed by atoms with Crippen molar-refractivity contribution in [2.75, 3.05) is 37.4 Å². The number of morpholine rings is 1. The molecule has 1 aromatic carbocycles. The van der Waals surface area contributed by atoms with E-state index in [0.717, 1.165) is 17.5 Å². The summed E-state index contributed by atoms with van der Waals surface area (Å²) in [6, 6.07) is 6.30. The number of thiazole rings is 1. The second-order valence-corrected chi connectivity index (χ2v) is 12.9. The molecule has 2 aromatic heterocycles. The summed E-state index contributed by atoms with van der Waals surface area (Å²) in [5.41, 5.74) is 0.891. The molecule has 1 saturated heterocycles. The molecule has 192 valence electrons. The molecular formula is C21H22ClN5O6S3. The number of carbonyl (C=O) groups is 1. The van der Waals surface area contributed by atoms with E-state index in [2.05, 4.69) is 20.3 Å². The molecule has 0 saturated carbocycles. The van der Waals surface area contributed by atoms with Crippen LogP contribution >= 0.6 is 22.9 Å². The summed E-state index contributed by atoms with van der Waals surface area (Å²) >= 11 is 7.17. The average molecular weight is 572 g/mol. The molecule has 0 radical (unpaired) electrons. The van der Waals surface area contributed by atoms with Gasteiger partial charge in [0.2, 0.25) is 25.0 Å². The third-order valence-electron chi connectivity index (χ3n) is 5.17. The van der Waals surface area contributed by atoms with Gasteiger partial charge in [0.15, 0.2) is 10.8 Å². The lowest BCUT2D eigenvalue weighted by molar-refractivity contribution is 0.0730. The fourth-order valence-electron chi connectivity index (χ4n) is 3.37. The number of nitrogens with one attached hydrogen (secondary N) is 1. The molecule has 0 aliphatic carbocycles. The Morgan fingerprint density at radius 2 is 1.83 bits per heavy atom. The number of anilines is 1. The first-order valence-corrected chi connectivity index (χ1v) is 15.2. The van der Waals surface area contributed by atoms with Crippen molar-refractivity contribution in [3.05, 3.63) is 46.6 Å². The van der Waals surface area contributed by atoms with E-state index in [9.17, 15) is 21.6 Å². The summed E-state index contributed by atoms with van der Waals surface area (Å²) in [5, 5.41) is 3.92. The van der Waals surface area contributed by atoms with E-state index in [4.69, 9.17) is 16.3 Å². The third kappa shape index (κ3) is 5.74. The number of hydrogen-bond donors (Lipinski definition) is 1. The lowest BCUT2D eigenvalue weighted by Crippen LogP contribution is -2.40. The van der Waals surface area contributed by atoms with E-state index in [1.165, 1.54) is 16.4 Å². The standard InChI is InChI=1S/C21H22ClN5O6S3/c1-2-11-35(29,30)21-23-12-16(22)18(25-21)19(28)26-20-24-17(13-34-20)14-3-5-15(6-4-14)36(31,32)27-7-9-33-10-8-27/h3-6,12-13H,2,7-11H2,1H3,(H,24,26,28). The first-order valence-electron chi connectivity index (χ1n) is 10.8. The predicted molar refractivity (Wildman–Crippen MR) is 134 cm³/mol. The zero-order chi connectivity index (χ0) is 25.9. The summed E-state index contributed by atoms with van der Waals surface area (Å²) in [6.07, 6.45) is 1.45. The van der Waals surface area contributed by atoms with Crippen LogP contribution in [0, 0.1) is 0 Å². The van der Waals surface area contributed by atoms with Crippen molar-refractivity contribution in [3.8, 4) is 11.3 Å². The Balaban J connectivity index is 1.49. The topological polar surface area (TPSA) is 149 Å². The largest absolute Gasteiger partial charge is 0.379 e. The Hall–Kier alpha value is -2.49. The number of carbonyl (C=O) groups excluding carboxylic acids is 1. The fourth-order valence-corrected chi connectivity index (χ4v) is 6.84. The van der Waals surface area contributed by atoms with E-state index in [1.54, 1.807) is 24.4 Å². The van der Waals surface area contributed by atoms with Crippen molar-refractivity contribution >= 4 is 53.8 Å². The van der Waals surface area contributed by atoms with Gasteiger partial charge in [0, 0.05) is 24.0 Å². The molecule has 3 heterocycles. The minimum Gasteiger partial charge on any atom is -0.379 e. The molecule has 1 aliphatic heterocycles. The Morgan fingerprint density at radius 3 is 2.50 bits per heavy atom. The van der Waals surface area contributed by atoms with Crippen LogP contribution in [-0.2, 0) is 24.6 Å². The summed E-state index contributed by atoms with van der Waals surface area (Å²) in [5.74, 6) is -0.888. The van der Waals surface area contributed by atoms with Crippen molar-refractivity contribution < 1.29 is 26.4 Å². The van der Waals surface area contributed by atoms with Crippen LogP contribution in [-0.4, -0.2) is 74.1 Å². The number of ether oxygens (including phenoxy) is 1. The average Bonchev–Trinajstić information content (AvgIpc) is 3.33. The summed E-state index contributed by atoms with van der Waals surface area (Å²) in [7, 11) is -7.35. The van der Waals surface area contributed by atoms with Crippen molar-refractivity contribution in [2.24, 2.45) is 0 Å². The number of sulfonamides is 1. The van der Waals surface area contributed by atoms with Crippen LogP contribution < -0.4 is 5.32 Å². The predicted octanol–water partition coefficient (Wildman–Crippen LogP) is 2.71. The molecule has 0 bridgehead atoms. The Kier molecular flexibility index (Phi) is 8.02. The summed E-state index contributed by atoms with van der Waals surface area (Å²) in [4.78, 5) is 24.9. The highest BCUT2D eigenvalue weighted by Crippen LogP contribution is 2.27. The number of nitrogens with zero attached hydrogens (tertiary/aromatic N) is 4. The normalized spacial score (nSPS) is 15.1. The van der Waals surface area contributed by atoms with Crippen molar-refractivity contribution in [1.82, 2.24) is 19.3 Å². The SMILES string of the molecule is CCCS(=O)(=O)c1ncc(Cl)c(C(=O)Nc2nc(-c3ccc(S(=O)(=O)N4CCOCC4)cc3)cs2)n1. The number of halogens is 1. The minimum absolute atomic E-state index is 0.100. The highest BCUT2D eigenvalue weighted by molar-refractivity contribution is 7.91. The van der Waals surface area contributed by atoms with Gasteiger partial charge in [-0.2, -0.15) is 4.31 Å². The second kappa shape index (κ2) is 10.9. The van der Waals surface area contributed by atoms with Crippen LogP contribution in [0.4, 0.5) is 5.13 Å². The van der Waals surface area contributed by atoms with Crippen molar-refractivity contribution in [1.29, 1.82) is 0 Å². The van der Waals surface area contributed by atoms with Gasteiger partial charge in [0.1, 0.15) is 0 Å². The lowest BCUT2D eigenvalue weighted by atomic mass is 10.2. The molecule has 36 heavy (non-hydrogen) atoms. The van der Waals surface area contributed by atoms with Crippen LogP contribution in [0.25, 0.3) is 11.3 Å². The molecule has 3 aromatic rings. The zero-order valence-electron chi connectivity index (χ0n) is 19.0. The Morgan fingerprint density at radius 1 is 1.14 bits per heavy atom. The number of benzene rings is 1. The van der Waals surface area contributed by atoms with Gasteiger partial charge in [-0.15, -0.1) is 11.3 Å². The minimum atomic E-state index is -3.74. The van der Waals surface area contributed by atoms with Crippen LogP contribution in [0.3, 0.4) is 0 Å². The smallest absolute Gasteiger partial charge is 0.277 e. The lowest BCUT2D eigenvalue weighted by Gasteiger charge is -2.26. The molecule has 0 unspecified atom stereocenters. The maximum Gasteiger partial charge on any atom is 0.277 e. The molecule has 4 rings (SSSR count). The van der Waals surface area contributed by atoms with Crippen LogP contribution in [0.5, 0.6) is 0 Å². The number of sulfone groups is 1. The highest BCUT2D eigenvalue weighted by Gasteiger charge is 2.26. The van der Waals surface area contributed by atoms with E-state index in [0.29, 0.717) is 44.0 Å². The van der Waals surface area contributed by atoms with Gasteiger partial charge < -0.3 is 4.74 Å². The first kappa shape index (κ1) is 26.6. The van der Waals surface area contributed by atoms with Crippen molar-refractivity contribution in [2.45, 2.75) is 23.4 Å². The fraction of sp³-hybridized carbons (Fsp3) is 0.333. The van der Waals surface area contributed by atoms with E-state index in [1.807, 2.05) is 0 Å². The monoisotopic (exact) mass is 571 g/mol. The van der Waals surface area contributed by atoms with Gasteiger partial charge in [-0.05, 0) is 18.6 Å².